The number of rotatable bonds is 3. The fraction of sp³-hybridized carbons (Fsp3) is 0.909. The third-order valence-electron chi connectivity index (χ3n) is 3.11. The highest BCUT2D eigenvalue weighted by Gasteiger charge is 2.18. The molecule has 3 heteroatoms. The minimum atomic E-state index is 0.120. The predicted molar refractivity (Wildman–Crippen MR) is 58.2 cm³/mol. The molecule has 3 nitrogen and oxygen atoms in total. The minimum absolute atomic E-state index is 0.120. The van der Waals surface area contributed by atoms with Gasteiger partial charge in [0, 0.05) is 19.6 Å². The highest BCUT2D eigenvalue weighted by atomic mass is 16.2. The van der Waals surface area contributed by atoms with E-state index in [2.05, 4.69) is 26.1 Å². The lowest BCUT2D eigenvalue weighted by molar-refractivity contribution is 0.205. The molecule has 1 unspecified atom stereocenters. The fourth-order valence-corrected chi connectivity index (χ4v) is 1.52. The highest BCUT2D eigenvalue weighted by molar-refractivity contribution is 5.74. The Bertz CT molecular complexity index is 186. The molecule has 14 heavy (non-hydrogen) atoms. The van der Waals surface area contributed by atoms with E-state index in [-0.39, 0.29) is 6.03 Å². The summed E-state index contributed by atoms with van der Waals surface area (Å²) in [4.78, 5) is 13.5. The van der Waals surface area contributed by atoms with Gasteiger partial charge in [0.1, 0.15) is 0 Å². The van der Waals surface area contributed by atoms with Crippen molar-refractivity contribution in [2.45, 2.75) is 33.6 Å². The van der Waals surface area contributed by atoms with Crippen molar-refractivity contribution >= 4 is 6.03 Å². The average Bonchev–Trinajstić information content (AvgIpc) is 2.66. The zero-order valence-corrected chi connectivity index (χ0v) is 9.55. The quantitative estimate of drug-likeness (QED) is 0.740. The van der Waals surface area contributed by atoms with E-state index < -0.39 is 0 Å². The first-order valence-electron chi connectivity index (χ1n) is 5.64. The van der Waals surface area contributed by atoms with Crippen LogP contribution < -0.4 is 5.32 Å². The molecule has 0 aromatic carbocycles. The van der Waals surface area contributed by atoms with Crippen LogP contribution in [0.4, 0.5) is 4.79 Å². The van der Waals surface area contributed by atoms with Gasteiger partial charge in [0.25, 0.3) is 0 Å². The predicted octanol–water partition coefficient (Wildman–Crippen LogP) is 2.08. The van der Waals surface area contributed by atoms with E-state index in [1.165, 1.54) is 0 Å². The average molecular weight is 198 g/mol. The minimum Gasteiger partial charge on any atom is -0.338 e. The van der Waals surface area contributed by atoms with Crippen molar-refractivity contribution in [3.63, 3.8) is 0 Å². The van der Waals surface area contributed by atoms with Gasteiger partial charge in [-0.05, 0) is 24.7 Å². The van der Waals surface area contributed by atoms with E-state index in [1.54, 1.807) is 0 Å². The second-order valence-corrected chi connectivity index (χ2v) is 4.60. The Hall–Kier alpha value is -0.730. The summed E-state index contributed by atoms with van der Waals surface area (Å²) in [6.07, 6.45) is 2.32. The van der Waals surface area contributed by atoms with Gasteiger partial charge in [0.05, 0.1) is 0 Å². The third kappa shape index (κ3) is 3.20. The van der Waals surface area contributed by atoms with Crippen LogP contribution in [0.3, 0.4) is 0 Å². The van der Waals surface area contributed by atoms with Crippen molar-refractivity contribution in [1.29, 1.82) is 0 Å². The summed E-state index contributed by atoms with van der Waals surface area (Å²) in [5.41, 5.74) is 0. The summed E-state index contributed by atoms with van der Waals surface area (Å²) >= 11 is 0. The van der Waals surface area contributed by atoms with Crippen LogP contribution >= 0.6 is 0 Å². The Morgan fingerprint density at radius 3 is 2.36 bits per heavy atom. The van der Waals surface area contributed by atoms with Crippen LogP contribution in [0.15, 0.2) is 0 Å². The number of carbonyl (C=O) groups is 1. The molecule has 1 atom stereocenters. The Morgan fingerprint density at radius 2 is 1.86 bits per heavy atom. The van der Waals surface area contributed by atoms with E-state index in [1.807, 2.05) is 4.90 Å². The molecule has 0 aliphatic carbocycles. The van der Waals surface area contributed by atoms with Gasteiger partial charge < -0.3 is 10.2 Å². The van der Waals surface area contributed by atoms with Crippen molar-refractivity contribution in [1.82, 2.24) is 10.2 Å². The number of likely N-dealkylation sites (tertiary alicyclic amines) is 1. The van der Waals surface area contributed by atoms with Gasteiger partial charge in [-0.15, -0.1) is 0 Å². The number of hydrogen-bond donors (Lipinski definition) is 1. The highest BCUT2D eigenvalue weighted by Crippen LogP contribution is 2.09. The molecule has 1 fully saturated rings. The van der Waals surface area contributed by atoms with Crippen LogP contribution in [0, 0.1) is 11.8 Å². The molecule has 1 rings (SSSR count). The van der Waals surface area contributed by atoms with E-state index in [4.69, 9.17) is 0 Å². The monoisotopic (exact) mass is 198 g/mol. The van der Waals surface area contributed by atoms with Crippen molar-refractivity contribution in [3.05, 3.63) is 0 Å². The molecule has 82 valence electrons. The van der Waals surface area contributed by atoms with Crippen LogP contribution in [0.2, 0.25) is 0 Å². The molecule has 0 aromatic rings. The van der Waals surface area contributed by atoms with Crippen molar-refractivity contribution in [2.75, 3.05) is 19.6 Å². The second kappa shape index (κ2) is 5.23. The summed E-state index contributed by atoms with van der Waals surface area (Å²) in [5, 5.41) is 2.99. The van der Waals surface area contributed by atoms with Gasteiger partial charge in [-0.1, -0.05) is 20.8 Å². The second-order valence-electron chi connectivity index (χ2n) is 4.60. The maximum Gasteiger partial charge on any atom is 0.317 e. The maximum atomic E-state index is 11.6. The summed E-state index contributed by atoms with van der Waals surface area (Å²) in [6, 6.07) is 0.120. The molecule has 0 radical (unpaired) electrons. The van der Waals surface area contributed by atoms with Gasteiger partial charge in [-0.25, -0.2) is 4.79 Å². The van der Waals surface area contributed by atoms with Gasteiger partial charge in [0.15, 0.2) is 0 Å². The van der Waals surface area contributed by atoms with Crippen LogP contribution in [0.25, 0.3) is 0 Å². The number of nitrogens with zero attached hydrogens (tertiary/aromatic N) is 1. The van der Waals surface area contributed by atoms with Crippen LogP contribution in [-0.2, 0) is 0 Å². The molecule has 0 bridgehead atoms. The fourth-order valence-electron chi connectivity index (χ4n) is 1.52. The van der Waals surface area contributed by atoms with E-state index >= 15 is 0 Å². The molecular formula is C11H22N2O. The zero-order valence-electron chi connectivity index (χ0n) is 9.55. The topological polar surface area (TPSA) is 32.3 Å². The van der Waals surface area contributed by atoms with Crippen LogP contribution in [0.1, 0.15) is 33.6 Å². The van der Waals surface area contributed by atoms with Gasteiger partial charge in [-0.2, -0.15) is 0 Å². The molecule has 1 saturated heterocycles. The summed E-state index contributed by atoms with van der Waals surface area (Å²) < 4.78 is 0. The smallest absolute Gasteiger partial charge is 0.317 e. The Balaban J connectivity index is 2.20. The molecule has 2 amide bonds. The Morgan fingerprint density at radius 1 is 1.29 bits per heavy atom. The SMILES string of the molecule is CC(C)C(C)CNC(=O)N1CCCC1. The van der Waals surface area contributed by atoms with Gasteiger partial charge >= 0.3 is 6.03 Å². The normalized spacial score (nSPS) is 18.7. The molecule has 1 aliphatic rings. The molecular weight excluding hydrogens is 176 g/mol. The molecule has 0 saturated carbocycles. The molecule has 0 aromatic heterocycles. The Labute approximate surface area is 86.9 Å². The van der Waals surface area contributed by atoms with Crippen LogP contribution in [0.5, 0.6) is 0 Å². The van der Waals surface area contributed by atoms with Crippen molar-refractivity contribution in [3.8, 4) is 0 Å². The summed E-state index contributed by atoms with van der Waals surface area (Å²) in [7, 11) is 0. The maximum absolute atomic E-state index is 11.6. The third-order valence-corrected chi connectivity index (χ3v) is 3.11. The standard InChI is InChI=1S/C11H22N2O/c1-9(2)10(3)8-12-11(14)13-6-4-5-7-13/h9-10H,4-8H2,1-3H3,(H,12,14). The molecule has 1 heterocycles. The van der Waals surface area contributed by atoms with Gasteiger partial charge in [0.2, 0.25) is 0 Å². The first kappa shape index (κ1) is 11.3. The van der Waals surface area contributed by atoms with Gasteiger partial charge in [-0.3, -0.25) is 0 Å². The molecule has 0 spiro atoms. The first-order valence-corrected chi connectivity index (χ1v) is 5.64. The van der Waals surface area contributed by atoms with Crippen molar-refractivity contribution < 1.29 is 4.79 Å². The lowest BCUT2D eigenvalue weighted by atomic mass is 9.98. The zero-order chi connectivity index (χ0) is 10.6. The summed E-state index contributed by atoms with van der Waals surface area (Å²) in [5.74, 6) is 1.19. The van der Waals surface area contributed by atoms with E-state index in [0.29, 0.717) is 11.8 Å². The number of hydrogen-bond acceptors (Lipinski definition) is 1. The number of carbonyl (C=O) groups excluding carboxylic acids is 1. The molecule has 1 aliphatic heterocycles. The molecule has 1 N–H and O–H groups in total. The van der Waals surface area contributed by atoms with Crippen LogP contribution in [-0.4, -0.2) is 30.6 Å². The largest absolute Gasteiger partial charge is 0.338 e. The number of nitrogens with one attached hydrogen (secondary N) is 1. The number of amides is 2. The summed E-state index contributed by atoms with van der Waals surface area (Å²) in [6.45, 7) is 9.21. The first-order chi connectivity index (χ1) is 6.61. The lowest BCUT2D eigenvalue weighted by Gasteiger charge is -2.20. The van der Waals surface area contributed by atoms with E-state index in [9.17, 15) is 4.79 Å². The van der Waals surface area contributed by atoms with Crippen molar-refractivity contribution in [2.24, 2.45) is 11.8 Å². The van der Waals surface area contributed by atoms with E-state index in [0.717, 1.165) is 32.5 Å². The lowest BCUT2D eigenvalue weighted by Crippen LogP contribution is -2.40. The number of urea groups is 1. The Kier molecular flexibility index (Phi) is 4.23.